The van der Waals surface area contributed by atoms with E-state index in [4.69, 9.17) is 10.7 Å². The van der Waals surface area contributed by atoms with Crippen molar-refractivity contribution < 1.29 is 0 Å². The minimum Gasteiger partial charge on any atom is -0.370 e. The third kappa shape index (κ3) is 6.22. The first kappa shape index (κ1) is 20.0. The molecule has 2 aliphatic rings. The lowest BCUT2D eigenvalue weighted by molar-refractivity contribution is 0.165. The molecule has 0 amide bonds. The van der Waals surface area contributed by atoms with E-state index in [9.17, 15) is 0 Å². The summed E-state index contributed by atoms with van der Waals surface area (Å²) in [5.41, 5.74) is 6.21. The van der Waals surface area contributed by atoms with Crippen molar-refractivity contribution in [3.63, 3.8) is 0 Å². The standard InChI is InChI=1S/C17H34N4.HI/c1-15(2)16(20-10-6-3-4-7-11-20)14-19-17(18)21-12-8-5-9-13-21;/h15-16H,3-14H2,1-2H3,(H2,18,19);1H. The largest absolute Gasteiger partial charge is 0.370 e. The van der Waals surface area contributed by atoms with Crippen LogP contribution in [-0.2, 0) is 0 Å². The first-order valence-electron chi connectivity index (χ1n) is 8.97. The van der Waals surface area contributed by atoms with E-state index >= 15 is 0 Å². The van der Waals surface area contributed by atoms with Gasteiger partial charge in [-0.25, -0.2) is 0 Å². The van der Waals surface area contributed by atoms with Crippen molar-refractivity contribution in [2.75, 3.05) is 32.7 Å². The monoisotopic (exact) mass is 422 g/mol. The minimum atomic E-state index is 0. The molecule has 0 bridgehead atoms. The predicted molar refractivity (Wildman–Crippen MR) is 106 cm³/mol. The lowest BCUT2D eigenvalue weighted by Crippen LogP contribution is -2.44. The molecule has 0 aromatic heterocycles. The zero-order valence-electron chi connectivity index (χ0n) is 14.5. The molecule has 0 aromatic rings. The molecule has 2 saturated heterocycles. The molecule has 2 fully saturated rings. The van der Waals surface area contributed by atoms with Crippen LogP contribution in [0.25, 0.3) is 0 Å². The molecule has 2 aliphatic heterocycles. The average molecular weight is 422 g/mol. The molecule has 0 saturated carbocycles. The van der Waals surface area contributed by atoms with Gasteiger partial charge in [-0.1, -0.05) is 26.7 Å². The number of rotatable bonds is 4. The van der Waals surface area contributed by atoms with Crippen LogP contribution in [0, 0.1) is 5.92 Å². The molecular formula is C17H35IN4. The summed E-state index contributed by atoms with van der Waals surface area (Å²) in [5.74, 6) is 1.41. The van der Waals surface area contributed by atoms with Crippen LogP contribution < -0.4 is 5.73 Å². The molecule has 1 unspecified atom stereocenters. The van der Waals surface area contributed by atoms with E-state index in [1.165, 1.54) is 58.0 Å². The maximum Gasteiger partial charge on any atom is 0.191 e. The second kappa shape index (κ2) is 10.7. The van der Waals surface area contributed by atoms with Crippen molar-refractivity contribution in [3.8, 4) is 0 Å². The maximum atomic E-state index is 6.21. The van der Waals surface area contributed by atoms with Gasteiger partial charge in [-0.05, 0) is 51.1 Å². The molecule has 0 radical (unpaired) electrons. The van der Waals surface area contributed by atoms with Gasteiger partial charge in [0.05, 0.1) is 6.54 Å². The fourth-order valence-electron chi connectivity index (χ4n) is 3.58. The summed E-state index contributed by atoms with van der Waals surface area (Å²) in [7, 11) is 0. The van der Waals surface area contributed by atoms with E-state index in [0.29, 0.717) is 12.0 Å². The predicted octanol–water partition coefficient (Wildman–Crippen LogP) is 3.31. The van der Waals surface area contributed by atoms with Crippen LogP contribution in [0.1, 0.15) is 58.8 Å². The Hall–Kier alpha value is -0.0400. The second-order valence-electron chi connectivity index (χ2n) is 7.01. The Morgan fingerprint density at radius 1 is 0.909 bits per heavy atom. The highest BCUT2D eigenvalue weighted by atomic mass is 127. The Labute approximate surface area is 153 Å². The number of hydrogen-bond donors (Lipinski definition) is 1. The van der Waals surface area contributed by atoms with Crippen LogP contribution in [0.15, 0.2) is 4.99 Å². The van der Waals surface area contributed by atoms with Crippen molar-refractivity contribution in [1.82, 2.24) is 9.80 Å². The van der Waals surface area contributed by atoms with Crippen molar-refractivity contribution in [2.24, 2.45) is 16.6 Å². The molecule has 2 heterocycles. The van der Waals surface area contributed by atoms with Gasteiger partial charge in [0, 0.05) is 19.1 Å². The summed E-state index contributed by atoms with van der Waals surface area (Å²) in [5, 5.41) is 0. The smallest absolute Gasteiger partial charge is 0.191 e. The Morgan fingerprint density at radius 3 is 1.95 bits per heavy atom. The summed E-state index contributed by atoms with van der Waals surface area (Å²) in [6, 6.07) is 0.548. The van der Waals surface area contributed by atoms with Crippen molar-refractivity contribution in [3.05, 3.63) is 0 Å². The van der Waals surface area contributed by atoms with Crippen molar-refractivity contribution >= 4 is 29.9 Å². The Kier molecular flexibility index (Phi) is 9.71. The molecule has 0 aromatic carbocycles. The number of aliphatic imine (C=N–C) groups is 1. The lowest BCUT2D eigenvalue weighted by Gasteiger charge is -2.33. The summed E-state index contributed by atoms with van der Waals surface area (Å²) < 4.78 is 0. The van der Waals surface area contributed by atoms with E-state index in [1.807, 2.05) is 0 Å². The van der Waals surface area contributed by atoms with Crippen molar-refractivity contribution in [2.45, 2.75) is 64.8 Å². The topological polar surface area (TPSA) is 44.9 Å². The summed E-state index contributed by atoms with van der Waals surface area (Å²) in [6.45, 7) is 10.2. The van der Waals surface area contributed by atoms with Crippen LogP contribution in [-0.4, -0.2) is 54.5 Å². The Bertz CT molecular complexity index is 319. The molecule has 130 valence electrons. The highest BCUT2D eigenvalue weighted by Crippen LogP contribution is 2.18. The van der Waals surface area contributed by atoms with Crippen LogP contribution in [0.5, 0.6) is 0 Å². The molecule has 2 N–H and O–H groups in total. The van der Waals surface area contributed by atoms with Gasteiger partial charge in [0.1, 0.15) is 0 Å². The van der Waals surface area contributed by atoms with E-state index in [-0.39, 0.29) is 24.0 Å². The molecular weight excluding hydrogens is 387 g/mol. The van der Waals surface area contributed by atoms with Gasteiger partial charge < -0.3 is 10.6 Å². The quantitative estimate of drug-likeness (QED) is 0.430. The van der Waals surface area contributed by atoms with E-state index < -0.39 is 0 Å². The summed E-state index contributed by atoms with van der Waals surface area (Å²) in [6.07, 6.45) is 9.32. The number of piperidine rings is 1. The first-order chi connectivity index (χ1) is 10.2. The van der Waals surface area contributed by atoms with Crippen molar-refractivity contribution in [1.29, 1.82) is 0 Å². The lowest BCUT2D eigenvalue weighted by atomic mass is 10.0. The van der Waals surface area contributed by atoms with Gasteiger partial charge in [0.2, 0.25) is 0 Å². The van der Waals surface area contributed by atoms with Crippen LogP contribution >= 0.6 is 24.0 Å². The van der Waals surface area contributed by atoms with Gasteiger partial charge in [0.25, 0.3) is 0 Å². The summed E-state index contributed by atoms with van der Waals surface area (Å²) in [4.78, 5) is 9.68. The normalized spacial score (nSPS) is 23.0. The molecule has 0 spiro atoms. The number of guanidine groups is 1. The molecule has 4 nitrogen and oxygen atoms in total. The van der Waals surface area contributed by atoms with Crippen LogP contribution in [0.3, 0.4) is 0 Å². The third-order valence-electron chi connectivity index (χ3n) is 5.00. The number of nitrogens with two attached hydrogens (primary N) is 1. The fourth-order valence-corrected chi connectivity index (χ4v) is 3.58. The average Bonchev–Trinajstić information content (AvgIpc) is 2.77. The SMILES string of the molecule is CC(C)C(CN=C(N)N1CCCCC1)N1CCCCCC1.I. The van der Waals surface area contributed by atoms with E-state index in [2.05, 4.69) is 23.6 Å². The molecule has 1 atom stereocenters. The van der Waals surface area contributed by atoms with Gasteiger partial charge in [-0.3, -0.25) is 9.89 Å². The van der Waals surface area contributed by atoms with Crippen LogP contribution in [0.2, 0.25) is 0 Å². The molecule has 22 heavy (non-hydrogen) atoms. The zero-order valence-corrected chi connectivity index (χ0v) is 16.8. The van der Waals surface area contributed by atoms with Gasteiger partial charge >= 0.3 is 0 Å². The second-order valence-corrected chi connectivity index (χ2v) is 7.01. The maximum absolute atomic E-state index is 6.21. The third-order valence-corrected chi connectivity index (χ3v) is 5.00. The van der Waals surface area contributed by atoms with Gasteiger partial charge in [-0.15, -0.1) is 24.0 Å². The minimum absolute atomic E-state index is 0. The molecule has 0 aliphatic carbocycles. The van der Waals surface area contributed by atoms with Gasteiger partial charge in [0.15, 0.2) is 5.96 Å². The van der Waals surface area contributed by atoms with Gasteiger partial charge in [-0.2, -0.15) is 0 Å². The number of nitrogens with zero attached hydrogens (tertiary/aromatic N) is 3. The first-order valence-corrected chi connectivity index (χ1v) is 8.97. The highest BCUT2D eigenvalue weighted by Gasteiger charge is 2.23. The fraction of sp³-hybridized carbons (Fsp3) is 0.941. The van der Waals surface area contributed by atoms with E-state index in [0.717, 1.165) is 25.6 Å². The number of hydrogen-bond acceptors (Lipinski definition) is 2. The Morgan fingerprint density at radius 2 is 1.41 bits per heavy atom. The Balaban J connectivity index is 0.00000242. The molecule has 5 heteroatoms. The number of halogens is 1. The van der Waals surface area contributed by atoms with E-state index in [1.54, 1.807) is 0 Å². The van der Waals surface area contributed by atoms with Crippen LogP contribution in [0.4, 0.5) is 0 Å². The summed E-state index contributed by atoms with van der Waals surface area (Å²) >= 11 is 0. The molecule has 2 rings (SSSR count). The zero-order chi connectivity index (χ0) is 15.1. The number of likely N-dealkylation sites (tertiary alicyclic amines) is 2. The highest BCUT2D eigenvalue weighted by molar-refractivity contribution is 14.0.